The van der Waals surface area contributed by atoms with Crippen LogP contribution in [0.1, 0.15) is 246 Å². The van der Waals surface area contributed by atoms with Crippen LogP contribution in [0, 0.1) is 0 Å². The lowest BCUT2D eigenvalue weighted by atomic mass is 10.1. The summed E-state index contributed by atoms with van der Waals surface area (Å²) in [6.45, 7) is 4.14. The van der Waals surface area contributed by atoms with Gasteiger partial charge in [-0.2, -0.15) is 0 Å². The number of hydrogen-bond donors (Lipinski definition) is 3. The van der Waals surface area contributed by atoms with Gasteiger partial charge in [-0.15, -0.1) is 0 Å². The zero-order valence-electron chi connectivity index (χ0n) is 63.6. The number of carbonyl (C=O) groups excluding carboxylic acids is 4. The van der Waals surface area contributed by atoms with Gasteiger partial charge in [-0.3, -0.25) is 37.3 Å². The minimum Gasteiger partial charge on any atom is -0.462 e. The monoisotopic (exact) mass is 1490 g/mol. The standard InChI is InChI=1S/C85H132O17P2/c1-5-9-13-17-21-25-29-33-37-38-39-40-44-46-50-54-58-62-66-70-83(88)96-76-81(102-85(90)72-68-64-60-56-52-48-43-36-32-28-24-20-16-12-8-4)78-100-104(93,94)98-74-79(86)73-97-103(91,92)99-77-80(101-84(89)71-67-63-59-55-51-47-42-35-31-27-23-19-15-11-7-3)75-95-82(87)69-65-61-57-53-49-45-41-34-30-26-22-18-14-10-6-2/h9-16,21-28,33-37,39-43,46,49-51,53,55,61,65,79-81,86H,5-8,17-20,29-32,38,44-45,47-48,52,54,56-60,62-64,66-78H2,1-4H3,(H,91,92)(H,93,94)/b13-9-,14-10-,15-11-,16-12-,25-21-,26-22-,27-23-,28-24-,37-33-,40-39-,41-34-,42-35-,43-36-,50-46-,53-49-,55-51-,65-61-. The van der Waals surface area contributed by atoms with Crippen molar-refractivity contribution in [1.29, 1.82) is 0 Å². The molecule has 0 saturated heterocycles. The minimum atomic E-state index is -5.02. The number of phosphoric ester groups is 2. The van der Waals surface area contributed by atoms with Gasteiger partial charge in [0.05, 0.1) is 32.8 Å². The van der Waals surface area contributed by atoms with Crippen LogP contribution in [0.2, 0.25) is 0 Å². The number of rotatable bonds is 69. The van der Waals surface area contributed by atoms with E-state index in [0.717, 1.165) is 161 Å². The topological polar surface area (TPSA) is 237 Å². The van der Waals surface area contributed by atoms with Crippen molar-refractivity contribution in [3.63, 3.8) is 0 Å². The summed E-state index contributed by atoms with van der Waals surface area (Å²) in [6, 6.07) is 0. The van der Waals surface area contributed by atoms with Gasteiger partial charge in [0.2, 0.25) is 0 Å². The van der Waals surface area contributed by atoms with Crippen molar-refractivity contribution in [3.8, 4) is 0 Å². The zero-order valence-corrected chi connectivity index (χ0v) is 65.4. The number of aliphatic hydroxyl groups excluding tert-OH is 1. The number of allylic oxidation sites excluding steroid dienone is 33. The second-order valence-electron chi connectivity index (χ2n) is 24.4. The normalized spacial score (nSPS) is 15.0. The molecule has 0 heterocycles. The number of phosphoric acid groups is 2. The van der Waals surface area contributed by atoms with Gasteiger partial charge in [-0.25, -0.2) is 9.13 Å². The van der Waals surface area contributed by atoms with Gasteiger partial charge in [-0.05, 0) is 167 Å². The summed E-state index contributed by atoms with van der Waals surface area (Å²) < 4.78 is 68.3. The predicted octanol–water partition coefficient (Wildman–Crippen LogP) is 22.3. The number of carbonyl (C=O) groups is 4. The number of aliphatic hydroxyl groups is 1. The smallest absolute Gasteiger partial charge is 0.462 e. The van der Waals surface area contributed by atoms with Gasteiger partial charge in [-0.1, -0.05) is 260 Å². The maximum absolute atomic E-state index is 13.1. The Bertz CT molecular complexity index is 2790. The molecule has 104 heavy (non-hydrogen) atoms. The average Bonchev–Trinajstić information content (AvgIpc) is 0.918. The highest BCUT2D eigenvalue weighted by Crippen LogP contribution is 2.45. The molecule has 584 valence electrons. The first kappa shape index (κ1) is 97.6. The lowest BCUT2D eigenvalue weighted by molar-refractivity contribution is -0.161. The Morgan fingerprint density at radius 1 is 0.279 bits per heavy atom. The molecule has 17 nitrogen and oxygen atoms in total. The summed E-state index contributed by atoms with van der Waals surface area (Å²) in [5.41, 5.74) is 0. The van der Waals surface area contributed by atoms with Crippen molar-refractivity contribution in [3.05, 3.63) is 207 Å². The van der Waals surface area contributed by atoms with Crippen molar-refractivity contribution in [2.45, 2.75) is 264 Å². The molecule has 0 aliphatic rings. The second kappa shape index (κ2) is 74.9. The third kappa shape index (κ3) is 73.9. The summed E-state index contributed by atoms with van der Waals surface area (Å²) in [5, 5.41) is 10.6. The Balaban J connectivity index is 5.53. The average molecular weight is 1490 g/mol. The molecule has 0 aromatic carbocycles. The first-order chi connectivity index (χ1) is 50.7. The molecule has 0 fully saturated rings. The highest BCUT2D eigenvalue weighted by molar-refractivity contribution is 7.47. The van der Waals surface area contributed by atoms with Gasteiger partial charge in [0.25, 0.3) is 0 Å². The minimum absolute atomic E-state index is 0.0134. The predicted molar refractivity (Wildman–Crippen MR) is 426 cm³/mol. The summed E-state index contributed by atoms with van der Waals surface area (Å²) in [6.07, 6.45) is 92.8. The second-order valence-corrected chi connectivity index (χ2v) is 27.3. The van der Waals surface area contributed by atoms with Crippen LogP contribution in [-0.4, -0.2) is 96.7 Å². The van der Waals surface area contributed by atoms with Crippen LogP contribution in [0.25, 0.3) is 0 Å². The van der Waals surface area contributed by atoms with E-state index < -0.39 is 97.5 Å². The number of hydrogen-bond acceptors (Lipinski definition) is 15. The maximum atomic E-state index is 13.1. The van der Waals surface area contributed by atoms with E-state index in [1.165, 1.54) is 0 Å². The molecule has 3 N–H and O–H groups in total. The van der Waals surface area contributed by atoms with Crippen molar-refractivity contribution in [1.82, 2.24) is 0 Å². The molecule has 0 saturated carbocycles. The molecule has 0 aromatic rings. The van der Waals surface area contributed by atoms with Gasteiger partial charge >= 0.3 is 39.5 Å². The molecule has 0 spiro atoms. The summed E-state index contributed by atoms with van der Waals surface area (Å²) >= 11 is 0. The summed E-state index contributed by atoms with van der Waals surface area (Å²) in [7, 11) is -10.0. The van der Waals surface area contributed by atoms with Gasteiger partial charge in [0, 0.05) is 19.3 Å². The molecule has 5 unspecified atom stereocenters. The largest absolute Gasteiger partial charge is 0.472 e. The first-order valence-corrected chi connectivity index (χ1v) is 41.3. The van der Waals surface area contributed by atoms with Gasteiger partial charge < -0.3 is 33.8 Å². The quantitative estimate of drug-likeness (QED) is 0.0169. The molecule has 0 bridgehead atoms. The van der Waals surface area contributed by atoms with Crippen LogP contribution in [0.5, 0.6) is 0 Å². The molecule has 0 aliphatic heterocycles. The van der Waals surface area contributed by atoms with Gasteiger partial charge in [0.1, 0.15) is 19.3 Å². The lowest BCUT2D eigenvalue weighted by Crippen LogP contribution is -2.30. The Morgan fingerprint density at radius 2 is 0.510 bits per heavy atom. The van der Waals surface area contributed by atoms with E-state index in [9.17, 15) is 43.2 Å². The number of esters is 4. The van der Waals surface area contributed by atoms with Crippen molar-refractivity contribution < 1.29 is 80.2 Å². The molecule has 5 atom stereocenters. The van der Waals surface area contributed by atoms with Gasteiger partial charge in [0.15, 0.2) is 12.2 Å². The fraction of sp³-hybridized carbons (Fsp3) is 0.553. The Labute approximate surface area is 627 Å². The van der Waals surface area contributed by atoms with E-state index in [4.69, 9.17) is 37.0 Å². The fourth-order valence-corrected chi connectivity index (χ4v) is 10.7. The van der Waals surface area contributed by atoms with E-state index in [0.29, 0.717) is 32.1 Å². The molecule has 0 aromatic heterocycles. The Morgan fingerprint density at radius 3 is 0.837 bits per heavy atom. The molecule has 0 amide bonds. The van der Waals surface area contributed by atoms with E-state index in [-0.39, 0.29) is 25.7 Å². The zero-order chi connectivity index (χ0) is 76.0. The number of unbranched alkanes of at least 4 members (excludes halogenated alkanes) is 10. The van der Waals surface area contributed by atoms with E-state index in [1.54, 1.807) is 6.08 Å². The van der Waals surface area contributed by atoms with Crippen LogP contribution >= 0.6 is 15.6 Å². The Hall–Kier alpha value is -6.36. The summed E-state index contributed by atoms with van der Waals surface area (Å²) in [5.74, 6) is -2.46. The SMILES string of the molecule is CC/C=C\C/C=C\C/C=C\C/C=C\C/C=C\CCCCCC(=O)OCC(COP(=O)(O)OCC(O)COP(=O)(O)OCC(COC(=O)C/C=C\C/C=C\C/C=C\C/C=C\C/C=C\CC)OC(=O)CCCC/C=C\C/C=C\C/C=C\C/C=C\CC)OC(=O)CCCCCCC/C=C\C/C=C\C/C=C\CC. The lowest BCUT2D eigenvalue weighted by Gasteiger charge is -2.21. The van der Waals surface area contributed by atoms with Crippen LogP contribution in [-0.2, 0) is 65.4 Å². The molecule has 0 radical (unpaired) electrons. The van der Waals surface area contributed by atoms with Crippen LogP contribution < -0.4 is 0 Å². The van der Waals surface area contributed by atoms with Crippen molar-refractivity contribution in [2.75, 3.05) is 39.6 Å². The highest BCUT2D eigenvalue weighted by atomic mass is 31.2. The van der Waals surface area contributed by atoms with Crippen molar-refractivity contribution >= 4 is 39.5 Å². The van der Waals surface area contributed by atoms with Crippen LogP contribution in [0.4, 0.5) is 0 Å². The molecule has 0 aliphatic carbocycles. The fourth-order valence-electron chi connectivity index (χ4n) is 9.09. The number of ether oxygens (including phenoxy) is 4. The molecule has 19 heteroatoms. The Kier molecular flexibility index (Phi) is 70.3. The van der Waals surface area contributed by atoms with E-state index in [1.807, 2.05) is 24.3 Å². The molecule has 0 rings (SSSR count). The van der Waals surface area contributed by atoms with E-state index in [2.05, 4.69) is 204 Å². The van der Waals surface area contributed by atoms with Crippen LogP contribution in [0.3, 0.4) is 0 Å². The molecular formula is C85H132O17P2. The molecular weight excluding hydrogens is 1350 g/mol. The van der Waals surface area contributed by atoms with Crippen molar-refractivity contribution in [2.24, 2.45) is 0 Å². The van der Waals surface area contributed by atoms with E-state index >= 15 is 0 Å². The highest BCUT2D eigenvalue weighted by Gasteiger charge is 2.30. The van der Waals surface area contributed by atoms with Crippen LogP contribution in [0.15, 0.2) is 207 Å². The third-order valence-electron chi connectivity index (χ3n) is 14.8. The third-order valence-corrected chi connectivity index (χ3v) is 16.7. The summed E-state index contributed by atoms with van der Waals surface area (Å²) in [4.78, 5) is 72.9. The maximum Gasteiger partial charge on any atom is 0.472 e. The first-order valence-electron chi connectivity index (χ1n) is 38.3.